The van der Waals surface area contributed by atoms with Crippen LogP contribution in [0.5, 0.6) is 0 Å². The molecule has 1 aliphatic heterocycles. The summed E-state index contributed by atoms with van der Waals surface area (Å²) >= 11 is 0. The van der Waals surface area contributed by atoms with E-state index in [-0.39, 0.29) is 6.04 Å². The number of nitrogens with zero attached hydrogens (tertiary/aromatic N) is 3. The summed E-state index contributed by atoms with van der Waals surface area (Å²) in [6.45, 7) is 11.3. The molecule has 4 heteroatoms. The predicted molar refractivity (Wildman–Crippen MR) is 120 cm³/mol. The van der Waals surface area contributed by atoms with Crippen LogP contribution in [0, 0.1) is 0 Å². The third-order valence-corrected chi connectivity index (χ3v) is 5.78. The van der Waals surface area contributed by atoms with Gasteiger partial charge in [0.1, 0.15) is 6.04 Å². The molecule has 1 saturated heterocycles. The Bertz CT molecular complexity index is 742. The number of aliphatic imine (C=N–C) groups is 1. The van der Waals surface area contributed by atoms with E-state index in [1.807, 2.05) is 12.1 Å². The van der Waals surface area contributed by atoms with Gasteiger partial charge in [-0.2, -0.15) is 0 Å². The quantitative estimate of drug-likeness (QED) is 0.699. The third-order valence-electron chi connectivity index (χ3n) is 5.78. The van der Waals surface area contributed by atoms with Gasteiger partial charge >= 0.3 is 0 Å². The molecule has 150 valence electrons. The zero-order chi connectivity index (χ0) is 19.8. The van der Waals surface area contributed by atoms with E-state index in [2.05, 4.69) is 66.1 Å². The highest BCUT2D eigenvalue weighted by Crippen LogP contribution is 2.31. The molecule has 0 aliphatic carbocycles. The van der Waals surface area contributed by atoms with Crippen molar-refractivity contribution < 1.29 is 0 Å². The van der Waals surface area contributed by atoms with Crippen LogP contribution < -0.4 is 5.73 Å². The van der Waals surface area contributed by atoms with Gasteiger partial charge in [-0.05, 0) is 37.6 Å². The Kier molecular flexibility index (Phi) is 7.63. The summed E-state index contributed by atoms with van der Waals surface area (Å²) in [4.78, 5) is 10.3. The van der Waals surface area contributed by atoms with E-state index in [9.17, 15) is 0 Å². The maximum atomic E-state index is 6.30. The molecule has 0 spiro atoms. The second kappa shape index (κ2) is 10.4. The molecule has 2 N–H and O–H groups in total. The lowest BCUT2D eigenvalue weighted by molar-refractivity contribution is 0.214. The van der Waals surface area contributed by atoms with Crippen molar-refractivity contribution in [3.05, 3.63) is 65.7 Å². The third kappa shape index (κ3) is 5.43. The molecule has 4 nitrogen and oxygen atoms in total. The van der Waals surface area contributed by atoms with Crippen molar-refractivity contribution in [1.82, 2.24) is 9.80 Å². The number of para-hydroxylation sites is 1. The molecule has 1 fully saturated rings. The van der Waals surface area contributed by atoms with Crippen LogP contribution in [-0.4, -0.2) is 54.8 Å². The summed E-state index contributed by atoms with van der Waals surface area (Å²) < 4.78 is 0. The lowest BCUT2D eigenvalue weighted by Gasteiger charge is -2.30. The lowest BCUT2D eigenvalue weighted by atomic mass is 9.97. The smallest absolute Gasteiger partial charge is 0.102 e. The van der Waals surface area contributed by atoms with Crippen LogP contribution in [-0.2, 0) is 0 Å². The normalized spacial score (nSPS) is 16.3. The van der Waals surface area contributed by atoms with Crippen LogP contribution >= 0.6 is 0 Å². The molecule has 0 aromatic heterocycles. The van der Waals surface area contributed by atoms with Crippen molar-refractivity contribution in [3.63, 3.8) is 0 Å². The van der Waals surface area contributed by atoms with Crippen LogP contribution in [0.3, 0.4) is 0 Å². The highest BCUT2D eigenvalue weighted by Gasteiger charge is 2.20. The summed E-state index contributed by atoms with van der Waals surface area (Å²) in [5, 5.41) is 0. The fourth-order valence-corrected chi connectivity index (χ4v) is 3.89. The second-order valence-electron chi connectivity index (χ2n) is 7.51. The van der Waals surface area contributed by atoms with Crippen molar-refractivity contribution in [1.29, 1.82) is 0 Å². The minimum absolute atomic E-state index is 0.0142. The Labute approximate surface area is 170 Å². The Hall–Kier alpha value is -2.17. The Morgan fingerprint density at radius 3 is 2.25 bits per heavy atom. The van der Waals surface area contributed by atoms with Gasteiger partial charge in [-0.1, -0.05) is 62.4 Å². The number of rotatable bonds is 8. The van der Waals surface area contributed by atoms with Crippen molar-refractivity contribution in [2.75, 3.05) is 45.0 Å². The van der Waals surface area contributed by atoms with Crippen molar-refractivity contribution in [2.45, 2.75) is 32.7 Å². The SMILES string of the molecule is CCN(CC)CCN1CCC(=NC(c2ccccc2)c2ccccc2N)CC1. The molecule has 1 aliphatic rings. The zero-order valence-electron chi connectivity index (χ0n) is 17.3. The number of hydrogen-bond donors (Lipinski definition) is 1. The van der Waals surface area contributed by atoms with Gasteiger partial charge in [0.25, 0.3) is 0 Å². The average Bonchev–Trinajstić information content (AvgIpc) is 2.75. The molecule has 0 radical (unpaired) electrons. The van der Waals surface area contributed by atoms with E-state index in [4.69, 9.17) is 10.7 Å². The molecule has 1 unspecified atom stereocenters. The van der Waals surface area contributed by atoms with Gasteiger partial charge in [0.2, 0.25) is 0 Å². The van der Waals surface area contributed by atoms with E-state index in [1.54, 1.807) is 0 Å². The number of nitrogens with two attached hydrogens (primary N) is 1. The Morgan fingerprint density at radius 2 is 1.61 bits per heavy atom. The second-order valence-corrected chi connectivity index (χ2v) is 7.51. The van der Waals surface area contributed by atoms with Gasteiger partial charge in [-0.25, -0.2) is 0 Å². The number of piperidine rings is 1. The minimum Gasteiger partial charge on any atom is -0.398 e. The summed E-state index contributed by atoms with van der Waals surface area (Å²) in [6.07, 6.45) is 2.10. The number of likely N-dealkylation sites (tertiary alicyclic amines) is 1. The predicted octanol–water partition coefficient (Wildman–Crippen LogP) is 4.24. The molecule has 2 aromatic carbocycles. The topological polar surface area (TPSA) is 44.9 Å². The van der Waals surface area contributed by atoms with Gasteiger partial charge in [0.05, 0.1) is 0 Å². The van der Waals surface area contributed by atoms with Gasteiger partial charge < -0.3 is 15.5 Å². The maximum Gasteiger partial charge on any atom is 0.102 e. The monoisotopic (exact) mass is 378 g/mol. The molecule has 0 amide bonds. The fraction of sp³-hybridized carbons (Fsp3) is 0.458. The molecule has 3 rings (SSSR count). The highest BCUT2D eigenvalue weighted by molar-refractivity contribution is 5.86. The summed E-state index contributed by atoms with van der Waals surface area (Å²) in [7, 11) is 0. The molecule has 28 heavy (non-hydrogen) atoms. The zero-order valence-corrected chi connectivity index (χ0v) is 17.3. The van der Waals surface area contributed by atoms with Crippen molar-refractivity contribution in [3.8, 4) is 0 Å². The van der Waals surface area contributed by atoms with Crippen LogP contribution in [0.15, 0.2) is 59.6 Å². The maximum absolute atomic E-state index is 6.30. The Balaban J connectivity index is 1.70. The van der Waals surface area contributed by atoms with Crippen LogP contribution in [0.4, 0.5) is 5.69 Å². The number of hydrogen-bond acceptors (Lipinski definition) is 4. The van der Waals surface area contributed by atoms with Gasteiger partial charge in [0.15, 0.2) is 0 Å². The van der Waals surface area contributed by atoms with Gasteiger partial charge in [0, 0.05) is 43.1 Å². The minimum atomic E-state index is -0.0142. The van der Waals surface area contributed by atoms with E-state index < -0.39 is 0 Å². The molecule has 2 aromatic rings. The Morgan fingerprint density at radius 1 is 0.964 bits per heavy atom. The van der Waals surface area contributed by atoms with Crippen molar-refractivity contribution >= 4 is 11.4 Å². The first-order chi connectivity index (χ1) is 13.7. The summed E-state index contributed by atoms with van der Waals surface area (Å²) in [5.74, 6) is 0. The molecule has 0 saturated carbocycles. The van der Waals surface area contributed by atoms with Crippen LogP contribution in [0.2, 0.25) is 0 Å². The van der Waals surface area contributed by atoms with Crippen LogP contribution in [0.25, 0.3) is 0 Å². The van der Waals surface area contributed by atoms with Crippen LogP contribution in [0.1, 0.15) is 43.9 Å². The van der Waals surface area contributed by atoms with Crippen molar-refractivity contribution in [2.24, 2.45) is 4.99 Å². The molecular weight excluding hydrogens is 344 g/mol. The molecule has 1 atom stereocenters. The first-order valence-electron chi connectivity index (χ1n) is 10.6. The summed E-state index contributed by atoms with van der Waals surface area (Å²) in [5.41, 5.74) is 10.7. The molecule has 1 heterocycles. The first kappa shape index (κ1) is 20.6. The summed E-state index contributed by atoms with van der Waals surface area (Å²) in [6, 6.07) is 18.6. The van der Waals surface area contributed by atoms with E-state index in [1.165, 1.54) is 11.3 Å². The van der Waals surface area contributed by atoms with Gasteiger partial charge in [-0.15, -0.1) is 0 Å². The number of likely N-dealkylation sites (N-methyl/N-ethyl adjacent to an activating group) is 1. The highest BCUT2D eigenvalue weighted by atomic mass is 15.2. The fourth-order valence-electron chi connectivity index (χ4n) is 3.89. The molecular formula is C24H34N4. The molecule has 0 bridgehead atoms. The largest absolute Gasteiger partial charge is 0.398 e. The van der Waals surface area contributed by atoms with E-state index in [0.29, 0.717) is 0 Å². The average molecular weight is 379 g/mol. The number of benzene rings is 2. The number of nitrogen functional groups attached to an aromatic ring is 1. The van der Waals surface area contributed by atoms with E-state index >= 15 is 0 Å². The lowest BCUT2D eigenvalue weighted by Crippen LogP contribution is -2.40. The van der Waals surface area contributed by atoms with Gasteiger partial charge in [-0.3, -0.25) is 4.99 Å². The van der Waals surface area contributed by atoms with E-state index in [0.717, 1.165) is 63.4 Å². The first-order valence-corrected chi connectivity index (χ1v) is 10.6. The standard InChI is InChI=1S/C24H34N4/c1-3-27(4-2)18-19-28-16-14-21(15-17-28)26-24(20-10-6-5-7-11-20)22-12-8-9-13-23(22)25/h5-13,24H,3-4,14-19,25H2,1-2H3. The number of anilines is 1.